The lowest BCUT2D eigenvalue weighted by atomic mass is 10.2. The van der Waals surface area contributed by atoms with E-state index in [0.717, 1.165) is 26.1 Å². The first-order chi connectivity index (χ1) is 14.0. The summed E-state index contributed by atoms with van der Waals surface area (Å²) in [5, 5.41) is 5.23. The molecule has 0 radical (unpaired) electrons. The molecule has 0 aromatic heterocycles. The fourth-order valence-electron chi connectivity index (χ4n) is 2.69. The summed E-state index contributed by atoms with van der Waals surface area (Å²) in [4.78, 5) is 0. The van der Waals surface area contributed by atoms with Crippen molar-refractivity contribution in [3.05, 3.63) is 84.4 Å². The zero-order chi connectivity index (χ0) is 20.8. The van der Waals surface area contributed by atoms with Crippen molar-refractivity contribution in [2.24, 2.45) is 0 Å². The largest absolute Gasteiger partial charge is 0.490 e. The normalized spacial score (nSPS) is 10.7. The first kappa shape index (κ1) is 22.3. The van der Waals surface area contributed by atoms with Crippen molar-refractivity contribution in [2.75, 3.05) is 11.9 Å². The average molecular weight is 563 g/mol. The summed E-state index contributed by atoms with van der Waals surface area (Å²) in [5.74, 6) is 1.45. The van der Waals surface area contributed by atoms with E-state index in [1.54, 1.807) is 12.1 Å². The molecule has 1 N–H and O–H groups in total. The van der Waals surface area contributed by atoms with E-state index in [2.05, 4.69) is 34.0 Å². The minimum Gasteiger partial charge on any atom is -0.490 e. The standard InChI is InChI=1S/C22H19Cl3INO2/c1-2-28-21-10-15(12-27-20-8-7-17(24)11-18(20)25)9-19(26)22(21)29-13-14-3-5-16(23)6-4-14/h3-11,27H,2,12-13H2,1H3. The van der Waals surface area contributed by atoms with Crippen LogP contribution in [-0.2, 0) is 13.2 Å². The molecule has 3 aromatic carbocycles. The Morgan fingerprint density at radius 1 is 0.862 bits per heavy atom. The summed E-state index contributed by atoms with van der Waals surface area (Å²) in [7, 11) is 0. The Morgan fingerprint density at radius 2 is 1.59 bits per heavy atom. The number of hydrogen-bond acceptors (Lipinski definition) is 3. The number of ether oxygens (including phenoxy) is 2. The fraction of sp³-hybridized carbons (Fsp3) is 0.182. The van der Waals surface area contributed by atoms with Gasteiger partial charge in [-0.25, -0.2) is 0 Å². The predicted molar refractivity (Wildman–Crippen MR) is 130 cm³/mol. The molecule has 7 heteroatoms. The van der Waals surface area contributed by atoms with Gasteiger partial charge in [0.1, 0.15) is 6.61 Å². The molecule has 152 valence electrons. The highest BCUT2D eigenvalue weighted by Gasteiger charge is 2.13. The highest BCUT2D eigenvalue weighted by Crippen LogP contribution is 2.35. The number of hydrogen-bond donors (Lipinski definition) is 1. The Labute approximate surface area is 199 Å². The van der Waals surface area contributed by atoms with E-state index in [-0.39, 0.29) is 0 Å². The molecule has 3 rings (SSSR count). The zero-order valence-electron chi connectivity index (χ0n) is 15.6. The van der Waals surface area contributed by atoms with Gasteiger partial charge in [0.2, 0.25) is 0 Å². The van der Waals surface area contributed by atoms with Gasteiger partial charge in [-0.2, -0.15) is 0 Å². The van der Waals surface area contributed by atoms with Crippen LogP contribution in [0.25, 0.3) is 0 Å². The van der Waals surface area contributed by atoms with Crippen molar-refractivity contribution < 1.29 is 9.47 Å². The molecular weight excluding hydrogens is 544 g/mol. The van der Waals surface area contributed by atoms with Crippen molar-refractivity contribution in [3.63, 3.8) is 0 Å². The molecule has 0 amide bonds. The second-order valence-corrected chi connectivity index (χ2v) is 8.67. The molecule has 0 atom stereocenters. The van der Waals surface area contributed by atoms with Gasteiger partial charge in [-0.3, -0.25) is 0 Å². The summed E-state index contributed by atoms with van der Waals surface area (Å²) in [5.41, 5.74) is 2.92. The van der Waals surface area contributed by atoms with Crippen LogP contribution in [-0.4, -0.2) is 6.61 Å². The van der Waals surface area contributed by atoms with E-state index in [1.807, 2.05) is 43.3 Å². The molecule has 29 heavy (non-hydrogen) atoms. The fourth-order valence-corrected chi connectivity index (χ4v) is 4.12. The van der Waals surface area contributed by atoms with E-state index < -0.39 is 0 Å². The second-order valence-electron chi connectivity index (χ2n) is 6.23. The summed E-state index contributed by atoms with van der Waals surface area (Å²) < 4.78 is 12.9. The van der Waals surface area contributed by atoms with Crippen LogP contribution in [0.1, 0.15) is 18.1 Å². The molecule has 3 aromatic rings. The van der Waals surface area contributed by atoms with E-state index in [9.17, 15) is 0 Å². The topological polar surface area (TPSA) is 30.5 Å². The molecule has 0 unspecified atom stereocenters. The SMILES string of the molecule is CCOc1cc(CNc2ccc(Cl)cc2Cl)cc(I)c1OCc1ccc(Cl)cc1. The molecule has 0 aliphatic heterocycles. The van der Waals surface area contributed by atoms with Gasteiger partial charge in [0.15, 0.2) is 11.5 Å². The lowest BCUT2D eigenvalue weighted by Crippen LogP contribution is -2.05. The highest BCUT2D eigenvalue weighted by molar-refractivity contribution is 14.1. The summed E-state index contributed by atoms with van der Waals surface area (Å²) in [6.45, 7) is 3.53. The molecule has 0 saturated carbocycles. The van der Waals surface area contributed by atoms with Crippen LogP contribution >= 0.6 is 57.4 Å². The zero-order valence-corrected chi connectivity index (χ0v) is 20.1. The first-order valence-electron chi connectivity index (χ1n) is 8.97. The third-order valence-corrected chi connectivity index (χ3v) is 5.68. The first-order valence-corrected chi connectivity index (χ1v) is 11.2. The Kier molecular flexibility index (Phi) is 8.18. The highest BCUT2D eigenvalue weighted by atomic mass is 127. The van der Waals surface area contributed by atoms with Crippen LogP contribution in [0.15, 0.2) is 54.6 Å². The molecule has 0 spiro atoms. The summed E-state index contributed by atoms with van der Waals surface area (Å²) in [6.07, 6.45) is 0. The quantitative estimate of drug-likeness (QED) is 0.284. The average Bonchev–Trinajstić information content (AvgIpc) is 2.68. The van der Waals surface area contributed by atoms with E-state index in [0.29, 0.717) is 40.6 Å². The number of nitrogens with one attached hydrogen (secondary N) is 1. The van der Waals surface area contributed by atoms with Crippen LogP contribution in [0.3, 0.4) is 0 Å². The molecule has 0 heterocycles. The van der Waals surface area contributed by atoms with Gasteiger partial charge >= 0.3 is 0 Å². The Balaban J connectivity index is 1.75. The number of rotatable bonds is 8. The molecule has 0 aliphatic carbocycles. The molecule has 0 fully saturated rings. The van der Waals surface area contributed by atoms with Gasteiger partial charge in [-0.15, -0.1) is 0 Å². The van der Waals surface area contributed by atoms with Crippen LogP contribution in [0.2, 0.25) is 15.1 Å². The lowest BCUT2D eigenvalue weighted by molar-refractivity contribution is 0.267. The van der Waals surface area contributed by atoms with E-state index in [1.165, 1.54) is 0 Å². The smallest absolute Gasteiger partial charge is 0.174 e. The predicted octanol–water partition coefficient (Wildman–Crippen LogP) is 7.84. The number of anilines is 1. The Morgan fingerprint density at radius 3 is 2.28 bits per heavy atom. The van der Waals surface area contributed by atoms with Crippen molar-refractivity contribution in [3.8, 4) is 11.5 Å². The molecular formula is C22H19Cl3INO2. The molecule has 0 saturated heterocycles. The van der Waals surface area contributed by atoms with Gasteiger partial charge in [0, 0.05) is 16.6 Å². The number of benzene rings is 3. The van der Waals surface area contributed by atoms with Crippen LogP contribution in [0.4, 0.5) is 5.69 Å². The van der Waals surface area contributed by atoms with Gasteiger partial charge in [-0.05, 0) is 83.1 Å². The maximum atomic E-state index is 6.24. The minimum absolute atomic E-state index is 0.436. The second kappa shape index (κ2) is 10.6. The van der Waals surface area contributed by atoms with Gasteiger partial charge in [0.25, 0.3) is 0 Å². The van der Waals surface area contributed by atoms with Crippen LogP contribution in [0.5, 0.6) is 11.5 Å². The van der Waals surface area contributed by atoms with Gasteiger partial charge in [0.05, 0.1) is 20.9 Å². The van der Waals surface area contributed by atoms with Gasteiger partial charge < -0.3 is 14.8 Å². The molecule has 3 nitrogen and oxygen atoms in total. The lowest BCUT2D eigenvalue weighted by Gasteiger charge is -2.16. The van der Waals surface area contributed by atoms with Crippen molar-refractivity contribution in [1.82, 2.24) is 0 Å². The van der Waals surface area contributed by atoms with Crippen molar-refractivity contribution in [2.45, 2.75) is 20.1 Å². The maximum Gasteiger partial charge on any atom is 0.174 e. The third-order valence-electron chi connectivity index (χ3n) is 4.08. The Bertz CT molecular complexity index is 981. The van der Waals surface area contributed by atoms with E-state index in [4.69, 9.17) is 44.3 Å². The third kappa shape index (κ3) is 6.32. The maximum absolute atomic E-state index is 6.24. The summed E-state index contributed by atoms with van der Waals surface area (Å²) in [6, 6.07) is 17.0. The van der Waals surface area contributed by atoms with Crippen molar-refractivity contribution >= 4 is 63.1 Å². The minimum atomic E-state index is 0.436. The number of halogens is 4. The van der Waals surface area contributed by atoms with Crippen LogP contribution in [0, 0.1) is 3.57 Å². The van der Waals surface area contributed by atoms with E-state index >= 15 is 0 Å². The monoisotopic (exact) mass is 561 g/mol. The molecule has 0 aliphatic rings. The Hall–Kier alpha value is -1.34. The van der Waals surface area contributed by atoms with Gasteiger partial charge in [-0.1, -0.05) is 46.9 Å². The van der Waals surface area contributed by atoms with Crippen LogP contribution < -0.4 is 14.8 Å². The van der Waals surface area contributed by atoms with Crippen molar-refractivity contribution in [1.29, 1.82) is 0 Å². The summed E-state index contributed by atoms with van der Waals surface area (Å²) >= 11 is 20.4. The molecule has 0 bridgehead atoms.